The monoisotopic (exact) mass is 219 g/mol. The molecule has 0 bridgehead atoms. The van der Waals surface area contributed by atoms with E-state index in [1.807, 2.05) is 20.9 Å². The lowest BCUT2D eigenvalue weighted by Gasteiger charge is -2.01. The second kappa shape index (κ2) is 4.53. The Bertz CT molecular complexity index is 451. The number of hydrogen-bond donors (Lipinski definition) is 1. The topological polar surface area (TPSA) is 43.0 Å². The molecule has 0 amide bonds. The van der Waals surface area contributed by atoms with Crippen LogP contribution in [0.4, 0.5) is 0 Å². The van der Waals surface area contributed by atoms with Gasteiger partial charge in [-0.1, -0.05) is 5.16 Å². The fraction of sp³-hybridized carbons (Fsp3) is 0.417. The van der Waals surface area contributed by atoms with Gasteiger partial charge in [-0.15, -0.1) is 0 Å². The molecule has 2 rings (SSSR count). The summed E-state index contributed by atoms with van der Waals surface area (Å²) in [5.74, 6) is 0.904. The van der Waals surface area contributed by atoms with E-state index < -0.39 is 0 Å². The first-order valence-electron chi connectivity index (χ1n) is 5.41. The Kier molecular flexibility index (Phi) is 3.10. The number of nitrogens with zero attached hydrogens (tertiary/aromatic N) is 2. The molecule has 0 fully saturated rings. The fourth-order valence-electron chi connectivity index (χ4n) is 1.81. The molecule has 0 saturated carbocycles. The summed E-state index contributed by atoms with van der Waals surface area (Å²) in [6.45, 7) is 5.65. The predicted octanol–water partition coefficient (Wildman–Crippen LogP) is 1.86. The van der Waals surface area contributed by atoms with Crippen molar-refractivity contribution in [3.63, 3.8) is 0 Å². The zero-order valence-electron chi connectivity index (χ0n) is 9.95. The van der Waals surface area contributed by atoms with Crippen LogP contribution in [-0.2, 0) is 13.1 Å². The van der Waals surface area contributed by atoms with Crippen molar-refractivity contribution in [3.8, 4) is 0 Å². The third-order valence-electron chi connectivity index (χ3n) is 2.71. The van der Waals surface area contributed by atoms with Crippen molar-refractivity contribution in [2.24, 2.45) is 0 Å². The molecule has 4 heteroatoms. The molecule has 86 valence electrons. The summed E-state index contributed by atoms with van der Waals surface area (Å²) < 4.78 is 7.30. The summed E-state index contributed by atoms with van der Waals surface area (Å²) >= 11 is 0. The van der Waals surface area contributed by atoms with Gasteiger partial charge in [-0.05, 0) is 32.5 Å². The zero-order valence-corrected chi connectivity index (χ0v) is 9.95. The Morgan fingerprint density at radius 3 is 2.88 bits per heavy atom. The highest BCUT2D eigenvalue weighted by Crippen LogP contribution is 2.14. The van der Waals surface area contributed by atoms with Crippen LogP contribution in [-0.4, -0.2) is 16.8 Å². The van der Waals surface area contributed by atoms with Crippen LogP contribution in [0.25, 0.3) is 0 Å². The molecule has 0 aliphatic carbocycles. The van der Waals surface area contributed by atoms with Crippen LogP contribution in [0.3, 0.4) is 0 Å². The van der Waals surface area contributed by atoms with Gasteiger partial charge in [0, 0.05) is 24.5 Å². The maximum Gasteiger partial charge on any atom is 0.138 e. The lowest BCUT2D eigenvalue weighted by molar-refractivity contribution is 0.392. The molecule has 1 N–H and O–H groups in total. The molecule has 2 aromatic heterocycles. The first-order chi connectivity index (χ1) is 7.70. The lowest BCUT2D eigenvalue weighted by Crippen LogP contribution is -2.04. The van der Waals surface area contributed by atoms with Crippen molar-refractivity contribution < 1.29 is 4.52 Å². The second-order valence-electron chi connectivity index (χ2n) is 4.03. The van der Waals surface area contributed by atoms with Crippen LogP contribution >= 0.6 is 0 Å². The van der Waals surface area contributed by atoms with Crippen molar-refractivity contribution in [3.05, 3.63) is 41.0 Å². The molecule has 0 aliphatic heterocycles. The highest BCUT2D eigenvalue weighted by molar-refractivity contribution is 5.22. The average molecular weight is 219 g/mol. The van der Waals surface area contributed by atoms with Gasteiger partial charge in [0.15, 0.2) is 0 Å². The van der Waals surface area contributed by atoms with E-state index in [0.29, 0.717) is 0 Å². The molecular weight excluding hydrogens is 202 g/mol. The van der Waals surface area contributed by atoms with Crippen molar-refractivity contribution in [1.82, 2.24) is 15.0 Å². The highest BCUT2D eigenvalue weighted by Gasteiger charge is 2.09. The molecule has 0 spiro atoms. The Balaban J connectivity index is 2.14. The minimum atomic E-state index is 0.824. The van der Waals surface area contributed by atoms with Crippen LogP contribution in [0.2, 0.25) is 0 Å². The molecule has 0 aliphatic rings. The van der Waals surface area contributed by atoms with Crippen LogP contribution in [0.1, 0.15) is 22.6 Å². The molecule has 4 nitrogen and oxygen atoms in total. The summed E-state index contributed by atoms with van der Waals surface area (Å²) in [7, 11) is 1.95. The Hall–Kier alpha value is -1.55. The van der Waals surface area contributed by atoms with Crippen molar-refractivity contribution in [2.45, 2.75) is 26.9 Å². The van der Waals surface area contributed by atoms with E-state index in [4.69, 9.17) is 4.52 Å². The van der Waals surface area contributed by atoms with Gasteiger partial charge in [0.1, 0.15) is 5.76 Å². The first-order valence-corrected chi connectivity index (χ1v) is 5.41. The van der Waals surface area contributed by atoms with Gasteiger partial charge < -0.3 is 14.4 Å². The molecule has 0 unspecified atom stereocenters. The number of aryl methyl sites for hydroxylation is 2. The number of nitrogens with one attached hydrogen (secondary N) is 1. The molecule has 16 heavy (non-hydrogen) atoms. The minimum absolute atomic E-state index is 0.824. The van der Waals surface area contributed by atoms with Gasteiger partial charge in [-0.3, -0.25) is 0 Å². The van der Waals surface area contributed by atoms with E-state index in [9.17, 15) is 0 Å². The SMILES string of the molecule is CNCc1ccn(Cc2c(C)noc2C)c1. The summed E-state index contributed by atoms with van der Waals surface area (Å²) in [4.78, 5) is 0. The fourth-order valence-corrected chi connectivity index (χ4v) is 1.81. The molecular formula is C12H17N3O. The maximum atomic E-state index is 5.15. The molecule has 0 aromatic carbocycles. The van der Waals surface area contributed by atoms with Gasteiger partial charge in [0.2, 0.25) is 0 Å². The van der Waals surface area contributed by atoms with Crippen LogP contribution in [0, 0.1) is 13.8 Å². The van der Waals surface area contributed by atoms with Gasteiger partial charge in [0.25, 0.3) is 0 Å². The normalized spacial score (nSPS) is 10.9. The van der Waals surface area contributed by atoms with Crippen LogP contribution in [0.5, 0.6) is 0 Å². The highest BCUT2D eigenvalue weighted by atomic mass is 16.5. The van der Waals surface area contributed by atoms with Gasteiger partial charge in [0.05, 0.1) is 12.2 Å². The molecule has 0 saturated heterocycles. The van der Waals surface area contributed by atoms with Gasteiger partial charge in [-0.2, -0.15) is 0 Å². The Morgan fingerprint density at radius 2 is 2.25 bits per heavy atom. The van der Waals surface area contributed by atoms with E-state index in [1.165, 1.54) is 11.1 Å². The zero-order chi connectivity index (χ0) is 11.5. The largest absolute Gasteiger partial charge is 0.361 e. The maximum absolute atomic E-state index is 5.15. The number of rotatable bonds is 4. The molecule has 0 atom stereocenters. The minimum Gasteiger partial charge on any atom is -0.361 e. The second-order valence-corrected chi connectivity index (χ2v) is 4.03. The smallest absolute Gasteiger partial charge is 0.138 e. The standard InChI is InChI=1S/C12H17N3O/c1-9-12(10(2)16-14-9)8-15-5-4-11(7-15)6-13-3/h4-5,7,13H,6,8H2,1-3H3. The summed E-state index contributed by atoms with van der Waals surface area (Å²) in [5.41, 5.74) is 3.43. The van der Waals surface area contributed by atoms with Gasteiger partial charge in [-0.25, -0.2) is 0 Å². The summed E-state index contributed by atoms with van der Waals surface area (Å²) in [6.07, 6.45) is 4.22. The quantitative estimate of drug-likeness (QED) is 0.853. The van der Waals surface area contributed by atoms with E-state index in [1.54, 1.807) is 0 Å². The van der Waals surface area contributed by atoms with Crippen LogP contribution < -0.4 is 5.32 Å². The van der Waals surface area contributed by atoms with E-state index >= 15 is 0 Å². The van der Waals surface area contributed by atoms with Crippen molar-refractivity contribution in [2.75, 3.05) is 7.05 Å². The number of aromatic nitrogens is 2. The lowest BCUT2D eigenvalue weighted by atomic mass is 10.2. The van der Waals surface area contributed by atoms with E-state index in [-0.39, 0.29) is 0 Å². The summed E-state index contributed by atoms with van der Waals surface area (Å²) in [6, 6.07) is 2.12. The van der Waals surface area contributed by atoms with E-state index in [2.05, 4.69) is 33.5 Å². The van der Waals surface area contributed by atoms with E-state index in [0.717, 1.165) is 24.5 Å². The number of hydrogen-bond acceptors (Lipinski definition) is 3. The van der Waals surface area contributed by atoms with Gasteiger partial charge >= 0.3 is 0 Å². The first kappa shape index (κ1) is 11.0. The Morgan fingerprint density at radius 1 is 1.44 bits per heavy atom. The van der Waals surface area contributed by atoms with Crippen molar-refractivity contribution in [1.29, 1.82) is 0 Å². The third-order valence-corrected chi connectivity index (χ3v) is 2.71. The Labute approximate surface area is 95.2 Å². The third kappa shape index (κ3) is 2.17. The van der Waals surface area contributed by atoms with Crippen molar-refractivity contribution >= 4 is 0 Å². The molecule has 0 radical (unpaired) electrons. The average Bonchev–Trinajstić information content (AvgIpc) is 2.81. The van der Waals surface area contributed by atoms with Crippen LogP contribution in [0.15, 0.2) is 23.0 Å². The molecule has 2 aromatic rings. The molecule has 2 heterocycles. The summed E-state index contributed by atoms with van der Waals surface area (Å²) in [5, 5.41) is 7.09. The predicted molar refractivity (Wildman–Crippen MR) is 62.3 cm³/mol.